The summed E-state index contributed by atoms with van der Waals surface area (Å²) in [4.78, 5) is 22.8. The van der Waals surface area contributed by atoms with E-state index in [1.54, 1.807) is 42.5 Å². The summed E-state index contributed by atoms with van der Waals surface area (Å²) in [5, 5.41) is 3.46. The van der Waals surface area contributed by atoms with Crippen LogP contribution in [0.2, 0.25) is 5.02 Å². The van der Waals surface area contributed by atoms with E-state index in [1.165, 1.54) is 0 Å². The average molecular weight is 426 g/mol. The fraction of sp³-hybridized carbons (Fsp3) is 0.222. The highest BCUT2D eigenvalue weighted by Gasteiger charge is 2.05. The number of amides is 2. The van der Waals surface area contributed by atoms with Crippen LogP contribution in [0.25, 0.3) is 0 Å². The van der Waals surface area contributed by atoms with Crippen LogP contribution in [-0.4, -0.2) is 18.4 Å². The molecule has 25 heavy (non-hydrogen) atoms. The van der Waals surface area contributed by atoms with Crippen LogP contribution in [0.1, 0.15) is 28.8 Å². The van der Waals surface area contributed by atoms with Gasteiger partial charge in [-0.3, -0.25) is 9.59 Å². The number of hydrogen-bond acceptors (Lipinski definition) is 3. The SMILES string of the molecule is NC(=O)c1ccc(CNC(=O)CCCOc2ccc(Cl)cc2Br)cc1. The molecule has 0 aliphatic carbocycles. The Bertz CT molecular complexity index is 750. The molecule has 132 valence electrons. The third kappa shape index (κ3) is 6.40. The number of primary amides is 1. The van der Waals surface area contributed by atoms with Crippen LogP contribution in [0, 0.1) is 0 Å². The molecule has 0 unspecified atom stereocenters. The number of rotatable bonds is 8. The van der Waals surface area contributed by atoms with Gasteiger partial charge >= 0.3 is 0 Å². The predicted molar refractivity (Wildman–Crippen MR) is 101 cm³/mol. The Labute approximate surface area is 159 Å². The Hall–Kier alpha value is -2.05. The summed E-state index contributed by atoms with van der Waals surface area (Å²) in [5.74, 6) is 0.167. The van der Waals surface area contributed by atoms with Gasteiger partial charge in [0.15, 0.2) is 0 Å². The fourth-order valence-electron chi connectivity index (χ4n) is 2.08. The third-order valence-electron chi connectivity index (χ3n) is 3.43. The van der Waals surface area contributed by atoms with Gasteiger partial charge in [-0.15, -0.1) is 0 Å². The molecule has 0 heterocycles. The Kier molecular flexibility index (Phi) is 7.28. The number of carbonyl (C=O) groups excluding carboxylic acids is 2. The first-order valence-electron chi connectivity index (χ1n) is 7.69. The molecule has 2 aromatic carbocycles. The number of benzene rings is 2. The first-order valence-corrected chi connectivity index (χ1v) is 8.86. The number of ether oxygens (including phenoxy) is 1. The summed E-state index contributed by atoms with van der Waals surface area (Å²) in [6, 6.07) is 12.1. The molecular formula is C18H18BrClN2O3. The second-order valence-corrected chi connectivity index (χ2v) is 6.66. The van der Waals surface area contributed by atoms with Crippen LogP contribution < -0.4 is 15.8 Å². The molecule has 2 rings (SSSR count). The molecule has 0 bridgehead atoms. The molecule has 0 saturated heterocycles. The Balaban J connectivity index is 1.67. The molecule has 0 spiro atoms. The molecule has 2 aromatic rings. The van der Waals surface area contributed by atoms with Gasteiger partial charge in [0, 0.05) is 23.6 Å². The molecule has 3 N–H and O–H groups in total. The van der Waals surface area contributed by atoms with Crippen molar-refractivity contribution in [2.75, 3.05) is 6.61 Å². The minimum atomic E-state index is -0.470. The molecule has 5 nitrogen and oxygen atoms in total. The zero-order valence-electron chi connectivity index (χ0n) is 13.4. The van der Waals surface area contributed by atoms with Crippen LogP contribution in [0.4, 0.5) is 0 Å². The summed E-state index contributed by atoms with van der Waals surface area (Å²) in [7, 11) is 0. The lowest BCUT2D eigenvalue weighted by Gasteiger charge is -2.09. The van der Waals surface area contributed by atoms with Crippen LogP contribution in [0.5, 0.6) is 5.75 Å². The largest absolute Gasteiger partial charge is 0.492 e. The van der Waals surface area contributed by atoms with Crippen molar-refractivity contribution in [2.24, 2.45) is 5.73 Å². The number of nitrogens with one attached hydrogen (secondary N) is 1. The topological polar surface area (TPSA) is 81.4 Å². The zero-order valence-corrected chi connectivity index (χ0v) is 15.8. The quantitative estimate of drug-likeness (QED) is 0.633. The van der Waals surface area contributed by atoms with Gasteiger partial charge in [-0.25, -0.2) is 0 Å². The molecule has 2 amide bonds. The minimum Gasteiger partial charge on any atom is -0.492 e. The van der Waals surface area contributed by atoms with Crippen LogP contribution >= 0.6 is 27.5 Å². The van der Waals surface area contributed by atoms with E-state index in [-0.39, 0.29) is 5.91 Å². The highest BCUT2D eigenvalue weighted by atomic mass is 79.9. The molecule has 7 heteroatoms. The lowest BCUT2D eigenvalue weighted by molar-refractivity contribution is -0.121. The molecule has 0 aliphatic heterocycles. The summed E-state index contributed by atoms with van der Waals surface area (Å²) >= 11 is 9.24. The highest BCUT2D eigenvalue weighted by Crippen LogP contribution is 2.28. The van der Waals surface area contributed by atoms with E-state index in [1.807, 2.05) is 0 Å². The van der Waals surface area contributed by atoms with Crippen molar-refractivity contribution in [1.82, 2.24) is 5.32 Å². The summed E-state index contributed by atoms with van der Waals surface area (Å²) in [6.45, 7) is 0.836. The minimum absolute atomic E-state index is 0.0576. The van der Waals surface area contributed by atoms with E-state index in [9.17, 15) is 9.59 Å². The van der Waals surface area contributed by atoms with Crippen molar-refractivity contribution in [3.63, 3.8) is 0 Å². The molecule has 0 aliphatic rings. The standard InChI is InChI=1S/C18H18BrClN2O3/c19-15-10-14(20)7-8-16(15)25-9-1-2-17(23)22-11-12-3-5-13(6-4-12)18(21)24/h3-8,10H,1-2,9,11H2,(H2,21,24)(H,22,23). The Morgan fingerprint density at radius 2 is 1.88 bits per heavy atom. The first-order chi connectivity index (χ1) is 12.0. The summed E-state index contributed by atoms with van der Waals surface area (Å²) in [6.07, 6.45) is 0.964. The van der Waals surface area contributed by atoms with Crippen molar-refractivity contribution in [3.05, 3.63) is 63.1 Å². The van der Waals surface area contributed by atoms with Crippen molar-refractivity contribution >= 4 is 39.3 Å². The van der Waals surface area contributed by atoms with Crippen molar-refractivity contribution in [3.8, 4) is 5.75 Å². The van der Waals surface area contributed by atoms with E-state index < -0.39 is 5.91 Å². The number of nitrogens with two attached hydrogens (primary N) is 1. The van der Waals surface area contributed by atoms with Crippen molar-refractivity contribution < 1.29 is 14.3 Å². The van der Waals surface area contributed by atoms with E-state index >= 15 is 0 Å². The van der Waals surface area contributed by atoms with E-state index in [0.29, 0.717) is 42.3 Å². The van der Waals surface area contributed by atoms with Gasteiger partial charge in [-0.1, -0.05) is 23.7 Å². The average Bonchev–Trinajstić information content (AvgIpc) is 2.58. The molecule has 0 radical (unpaired) electrons. The fourth-order valence-corrected chi connectivity index (χ4v) is 2.88. The normalized spacial score (nSPS) is 10.3. The van der Waals surface area contributed by atoms with Gasteiger partial charge in [-0.05, 0) is 58.2 Å². The Morgan fingerprint density at radius 1 is 1.16 bits per heavy atom. The molecule has 0 saturated carbocycles. The highest BCUT2D eigenvalue weighted by molar-refractivity contribution is 9.10. The van der Waals surface area contributed by atoms with Gasteiger partial charge in [0.1, 0.15) is 5.75 Å². The Morgan fingerprint density at radius 3 is 2.52 bits per heavy atom. The lowest BCUT2D eigenvalue weighted by atomic mass is 10.1. The predicted octanol–water partition coefficient (Wildman–Crippen LogP) is 3.68. The molecule has 0 atom stereocenters. The smallest absolute Gasteiger partial charge is 0.248 e. The third-order valence-corrected chi connectivity index (χ3v) is 4.28. The van der Waals surface area contributed by atoms with Crippen LogP contribution in [-0.2, 0) is 11.3 Å². The second-order valence-electron chi connectivity index (χ2n) is 5.36. The summed E-state index contributed by atoms with van der Waals surface area (Å²) in [5.41, 5.74) is 6.53. The van der Waals surface area contributed by atoms with Gasteiger partial charge < -0.3 is 15.8 Å². The maximum absolute atomic E-state index is 11.8. The zero-order chi connectivity index (χ0) is 18.2. The van der Waals surface area contributed by atoms with Gasteiger partial charge in [-0.2, -0.15) is 0 Å². The monoisotopic (exact) mass is 424 g/mol. The van der Waals surface area contributed by atoms with E-state index in [4.69, 9.17) is 22.1 Å². The van der Waals surface area contributed by atoms with Gasteiger partial charge in [0.25, 0.3) is 0 Å². The van der Waals surface area contributed by atoms with Crippen molar-refractivity contribution in [1.29, 1.82) is 0 Å². The lowest BCUT2D eigenvalue weighted by Crippen LogP contribution is -2.23. The number of halogens is 2. The molecule has 0 fully saturated rings. The maximum Gasteiger partial charge on any atom is 0.248 e. The van der Waals surface area contributed by atoms with Gasteiger partial charge in [0.05, 0.1) is 11.1 Å². The van der Waals surface area contributed by atoms with Crippen molar-refractivity contribution in [2.45, 2.75) is 19.4 Å². The van der Waals surface area contributed by atoms with Crippen LogP contribution in [0.3, 0.4) is 0 Å². The van der Waals surface area contributed by atoms with E-state index in [2.05, 4.69) is 21.2 Å². The first kappa shape index (κ1) is 19.3. The summed E-state index contributed by atoms with van der Waals surface area (Å²) < 4.78 is 6.39. The van der Waals surface area contributed by atoms with Crippen LogP contribution in [0.15, 0.2) is 46.9 Å². The molecule has 0 aromatic heterocycles. The number of carbonyl (C=O) groups is 2. The van der Waals surface area contributed by atoms with Gasteiger partial charge in [0.2, 0.25) is 11.8 Å². The second kappa shape index (κ2) is 9.44. The molecular weight excluding hydrogens is 408 g/mol. The number of hydrogen-bond donors (Lipinski definition) is 2. The van der Waals surface area contributed by atoms with E-state index in [0.717, 1.165) is 10.0 Å². The maximum atomic E-state index is 11.8.